The Morgan fingerprint density at radius 1 is 0.543 bits per heavy atom. The molecule has 0 saturated carbocycles. The lowest BCUT2D eigenvalue weighted by Gasteiger charge is -2.10. The summed E-state index contributed by atoms with van der Waals surface area (Å²) < 4.78 is 12.0. The molecule has 0 bridgehead atoms. The summed E-state index contributed by atoms with van der Waals surface area (Å²) >= 11 is 0. The van der Waals surface area contributed by atoms with Gasteiger partial charge in [-0.15, -0.1) is 0 Å². The van der Waals surface area contributed by atoms with Crippen molar-refractivity contribution < 1.29 is 9.47 Å². The lowest BCUT2D eigenvalue weighted by atomic mass is 10.0. The molecule has 0 aliphatic rings. The zero-order valence-corrected chi connectivity index (χ0v) is 22.3. The lowest BCUT2D eigenvalue weighted by molar-refractivity contribution is 0.294. The lowest BCUT2D eigenvalue weighted by Crippen LogP contribution is -1.99. The summed E-state index contributed by atoms with van der Waals surface area (Å²) in [4.78, 5) is 4.75. The van der Waals surface area contributed by atoms with Crippen molar-refractivity contribution in [1.29, 1.82) is 0 Å². The molecule has 0 aliphatic heterocycles. The number of nitrogens with zero attached hydrogens (tertiary/aromatic N) is 1. The fraction of sp³-hybridized carbons (Fsp3) is 0.594. The molecule has 1 aromatic heterocycles. The molecule has 0 fully saturated rings. The van der Waals surface area contributed by atoms with Gasteiger partial charge in [-0.3, -0.25) is 0 Å². The topological polar surface area (TPSA) is 31.4 Å². The molecule has 3 heteroatoms. The Hall–Kier alpha value is -2.29. The van der Waals surface area contributed by atoms with E-state index in [1.807, 2.05) is 6.07 Å². The third-order valence-electron chi connectivity index (χ3n) is 6.90. The number of benzene rings is 2. The SMILES string of the molecule is CCCCCCCCCCOc1ccc2c(ccc3nc(OCCCCCCCCC)ccc32)c1. The maximum atomic E-state index is 6.05. The number of fused-ring (bicyclic) bond motifs is 3. The first-order chi connectivity index (χ1) is 17.3. The summed E-state index contributed by atoms with van der Waals surface area (Å²) in [5.74, 6) is 1.69. The molecule has 1 heterocycles. The van der Waals surface area contributed by atoms with Crippen molar-refractivity contribution in [2.24, 2.45) is 0 Å². The predicted octanol–water partition coefficient (Wildman–Crippen LogP) is 10.0. The van der Waals surface area contributed by atoms with E-state index in [0.29, 0.717) is 0 Å². The fourth-order valence-electron chi connectivity index (χ4n) is 4.74. The second kappa shape index (κ2) is 16.4. The highest BCUT2D eigenvalue weighted by molar-refractivity contribution is 6.06. The number of aromatic nitrogens is 1. The molecule has 3 aromatic rings. The number of pyridine rings is 1. The Balaban J connectivity index is 1.43. The molecule has 192 valence electrons. The van der Waals surface area contributed by atoms with Crippen molar-refractivity contribution in [3.8, 4) is 11.6 Å². The average Bonchev–Trinajstić information content (AvgIpc) is 2.89. The fourth-order valence-corrected chi connectivity index (χ4v) is 4.74. The van der Waals surface area contributed by atoms with E-state index in [4.69, 9.17) is 14.5 Å². The Labute approximate surface area is 213 Å². The van der Waals surface area contributed by atoms with Crippen molar-refractivity contribution in [2.75, 3.05) is 13.2 Å². The van der Waals surface area contributed by atoms with Crippen LogP contribution in [0, 0.1) is 0 Å². The zero-order valence-electron chi connectivity index (χ0n) is 22.3. The quantitative estimate of drug-likeness (QED) is 0.127. The number of ether oxygens (including phenoxy) is 2. The Morgan fingerprint density at radius 2 is 1.11 bits per heavy atom. The van der Waals surface area contributed by atoms with Crippen LogP contribution in [-0.2, 0) is 0 Å². The van der Waals surface area contributed by atoms with E-state index in [0.717, 1.165) is 43.2 Å². The number of hydrogen-bond donors (Lipinski definition) is 0. The minimum atomic E-state index is 0.730. The first-order valence-corrected chi connectivity index (χ1v) is 14.4. The molecule has 35 heavy (non-hydrogen) atoms. The maximum Gasteiger partial charge on any atom is 0.213 e. The van der Waals surface area contributed by atoms with Crippen LogP contribution in [0.4, 0.5) is 0 Å². The normalized spacial score (nSPS) is 11.4. The standard InChI is InChI=1S/C32H47NO2/c1-3-5-7-9-11-13-14-16-24-34-28-19-20-29-27(26-28)18-22-31-30(29)21-23-32(33-31)35-25-17-15-12-10-8-6-4-2/h18-23,26H,3-17,24-25H2,1-2H3. The third kappa shape index (κ3) is 9.70. The molecule has 0 saturated heterocycles. The molecular weight excluding hydrogens is 430 g/mol. The molecule has 0 atom stereocenters. The van der Waals surface area contributed by atoms with Gasteiger partial charge in [-0.25, -0.2) is 4.98 Å². The van der Waals surface area contributed by atoms with Crippen LogP contribution in [0.3, 0.4) is 0 Å². The van der Waals surface area contributed by atoms with E-state index < -0.39 is 0 Å². The number of rotatable bonds is 19. The highest BCUT2D eigenvalue weighted by atomic mass is 16.5. The van der Waals surface area contributed by atoms with Crippen molar-refractivity contribution >= 4 is 21.7 Å². The summed E-state index contributed by atoms with van der Waals surface area (Å²) in [7, 11) is 0. The number of unbranched alkanes of at least 4 members (excludes halogenated alkanes) is 13. The molecular formula is C32H47NO2. The molecule has 0 aliphatic carbocycles. The van der Waals surface area contributed by atoms with E-state index in [-0.39, 0.29) is 0 Å². The molecule has 0 amide bonds. The van der Waals surface area contributed by atoms with Crippen LogP contribution in [0.15, 0.2) is 42.5 Å². The summed E-state index contributed by atoms with van der Waals surface area (Å²) in [6.07, 6.45) is 19.6. The van der Waals surface area contributed by atoms with Crippen LogP contribution < -0.4 is 9.47 Å². The Kier molecular flexibility index (Phi) is 12.8. The van der Waals surface area contributed by atoms with Crippen LogP contribution in [0.1, 0.15) is 110 Å². The van der Waals surface area contributed by atoms with Crippen LogP contribution in [0.5, 0.6) is 11.6 Å². The van der Waals surface area contributed by atoms with Crippen LogP contribution in [0.25, 0.3) is 21.7 Å². The van der Waals surface area contributed by atoms with Crippen LogP contribution in [0.2, 0.25) is 0 Å². The van der Waals surface area contributed by atoms with E-state index in [9.17, 15) is 0 Å². The molecule has 3 nitrogen and oxygen atoms in total. The van der Waals surface area contributed by atoms with Crippen LogP contribution in [-0.4, -0.2) is 18.2 Å². The maximum absolute atomic E-state index is 6.05. The molecule has 0 spiro atoms. The van der Waals surface area contributed by atoms with Gasteiger partial charge >= 0.3 is 0 Å². The van der Waals surface area contributed by atoms with Gasteiger partial charge in [0.15, 0.2) is 0 Å². The molecule has 0 unspecified atom stereocenters. The van der Waals surface area contributed by atoms with Gasteiger partial charge in [0.2, 0.25) is 5.88 Å². The predicted molar refractivity (Wildman–Crippen MR) is 151 cm³/mol. The van der Waals surface area contributed by atoms with Crippen molar-refractivity contribution in [2.45, 2.75) is 110 Å². The Morgan fingerprint density at radius 3 is 1.77 bits per heavy atom. The van der Waals surface area contributed by atoms with Crippen molar-refractivity contribution in [1.82, 2.24) is 4.98 Å². The van der Waals surface area contributed by atoms with Gasteiger partial charge in [-0.2, -0.15) is 0 Å². The second-order valence-electron chi connectivity index (χ2n) is 9.96. The third-order valence-corrected chi connectivity index (χ3v) is 6.90. The highest BCUT2D eigenvalue weighted by Crippen LogP contribution is 2.29. The van der Waals surface area contributed by atoms with E-state index in [1.165, 1.54) is 99.6 Å². The van der Waals surface area contributed by atoms with Gasteiger partial charge < -0.3 is 9.47 Å². The minimum Gasteiger partial charge on any atom is -0.494 e. The monoisotopic (exact) mass is 477 g/mol. The molecule has 2 aromatic carbocycles. The molecule has 0 N–H and O–H groups in total. The van der Waals surface area contributed by atoms with Crippen LogP contribution >= 0.6 is 0 Å². The van der Waals surface area contributed by atoms with Crippen molar-refractivity contribution in [3.05, 3.63) is 42.5 Å². The first kappa shape index (κ1) is 27.3. The average molecular weight is 478 g/mol. The smallest absolute Gasteiger partial charge is 0.213 e. The highest BCUT2D eigenvalue weighted by Gasteiger charge is 2.06. The van der Waals surface area contributed by atoms with E-state index in [1.54, 1.807) is 0 Å². The largest absolute Gasteiger partial charge is 0.494 e. The van der Waals surface area contributed by atoms with Gasteiger partial charge in [0.1, 0.15) is 5.75 Å². The van der Waals surface area contributed by atoms with Gasteiger partial charge in [-0.1, -0.05) is 109 Å². The summed E-state index contributed by atoms with van der Waals surface area (Å²) in [6.45, 7) is 6.08. The Bertz CT molecular complexity index is 984. The summed E-state index contributed by atoms with van der Waals surface area (Å²) in [6, 6.07) is 14.8. The molecule has 3 rings (SSSR count). The first-order valence-electron chi connectivity index (χ1n) is 14.4. The van der Waals surface area contributed by atoms with Gasteiger partial charge in [0.05, 0.1) is 18.7 Å². The summed E-state index contributed by atoms with van der Waals surface area (Å²) in [5, 5.41) is 3.58. The van der Waals surface area contributed by atoms with E-state index >= 15 is 0 Å². The van der Waals surface area contributed by atoms with Gasteiger partial charge in [0.25, 0.3) is 0 Å². The van der Waals surface area contributed by atoms with Gasteiger partial charge in [0, 0.05) is 11.5 Å². The van der Waals surface area contributed by atoms with Gasteiger partial charge in [-0.05, 0) is 47.9 Å². The zero-order chi connectivity index (χ0) is 24.6. The summed E-state index contributed by atoms with van der Waals surface area (Å²) in [5.41, 5.74) is 0.988. The van der Waals surface area contributed by atoms with E-state index in [2.05, 4.69) is 50.2 Å². The minimum absolute atomic E-state index is 0.730. The van der Waals surface area contributed by atoms with Crippen molar-refractivity contribution in [3.63, 3.8) is 0 Å². The second-order valence-corrected chi connectivity index (χ2v) is 9.96. The number of hydrogen-bond acceptors (Lipinski definition) is 3. The molecule has 0 radical (unpaired) electrons.